The number of benzene rings is 2. The summed E-state index contributed by atoms with van der Waals surface area (Å²) < 4.78 is 77.5. The van der Waals surface area contributed by atoms with Crippen molar-refractivity contribution in [3.8, 4) is 0 Å². The van der Waals surface area contributed by atoms with E-state index in [1.54, 1.807) is 30.5 Å². The normalized spacial score (nSPS) is 13.0. The molecule has 0 aliphatic heterocycles. The van der Waals surface area contributed by atoms with Crippen LogP contribution in [0.5, 0.6) is 0 Å². The van der Waals surface area contributed by atoms with Crippen LogP contribution in [-0.2, 0) is 12.4 Å². The van der Waals surface area contributed by atoms with Gasteiger partial charge >= 0.3 is 12.4 Å². The Hall–Kier alpha value is -2.77. The van der Waals surface area contributed by atoms with Gasteiger partial charge in [-0.15, -0.1) is 0 Å². The number of halogens is 6. The second-order valence-corrected chi connectivity index (χ2v) is 5.27. The molecule has 0 saturated heterocycles. The number of aliphatic imine (C=N–C) groups is 1. The van der Waals surface area contributed by atoms with Gasteiger partial charge in [0.1, 0.15) is 0 Å². The zero-order chi connectivity index (χ0) is 18.2. The minimum absolute atomic E-state index is 0.394. The van der Waals surface area contributed by atoms with Crippen molar-refractivity contribution in [1.29, 1.82) is 0 Å². The van der Waals surface area contributed by atoms with E-state index in [0.29, 0.717) is 29.3 Å². The summed E-state index contributed by atoms with van der Waals surface area (Å²) in [6, 6.07) is 8.01. The Kier molecular flexibility index (Phi) is 4.06. The molecule has 0 aliphatic rings. The fourth-order valence-corrected chi connectivity index (χ4v) is 2.41. The van der Waals surface area contributed by atoms with E-state index < -0.39 is 29.2 Å². The Bertz CT molecular complexity index is 934. The number of aromatic amines is 1. The Labute approximate surface area is 137 Å². The molecule has 3 rings (SSSR count). The third kappa shape index (κ3) is 3.52. The first-order valence-electron chi connectivity index (χ1n) is 7.05. The van der Waals surface area contributed by atoms with Gasteiger partial charge in [0.15, 0.2) is 0 Å². The lowest BCUT2D eigenvalue weighted by molar-refractivity contribution is -0.140. The minimum Gasteiger partial charge on any atom is -0.361 e. The lowest BCUT2D eigenvalue weighted by Gasteiger charge is -2.13. The summed E-state index contributed by atoms with van der Waals surface area (Å²) in [6.07, 6.45) is -6.81. The molecule has 0 spiro atoms. The van der Waals surface area contributed by atoms with Crippen LogP contribution in [0, 0.1) is 0 Å². The highest BCUT2D eigenvalue weighted by molar-refractivity contribution is 5.98. The van der Waals surface area contributed by atoms with Crippen molar-refractivity contribution in [2.45, 2.75) is 12.4 Å². The molecule has 2 aromatic carbocycles. The zero-order valence-electron chi connectivity index (χ0n) is 12.4. The van der Waals surface area contributed by atoms with Crippen molar-refractivity contribution in [2.24, 2.45) is 4.99 Å². The van der Waals surface area contributed by atoms with Gasteiger partial charge in [-0.05, 0) is 24.3 Å². The van der Waals surface area contributed by atoms with Gasteiger partial charge in [0.2, 0.25) is 0 Å². The number of alkyl halides is 6. The van der Waals surface area contributed by atoms with Crippen molar-refractivity contribution < 1.29 is 26.3 Å². The molecule has 0 aliphatic carbocycles. The lowest BCUT2D eigenvalue weighted by Crippen LogP contribution is -2.09. The standard InChI is InChI=1S/C17H10F6N2/c18-16(19,20)12-4-5-13(17(21,22)23)14(8-12)25-9-11-3-1-2-10-6-7-24-15(10)11/h1-9,24H/b25-9+. The maximum absolute atomic E-state index is 13.0. The number of rotatable bonds is 2. The second kappa shape index (κ2) is 5.94. The van der Waals surface area contributed by atoms with Gasteiger partial charge in [-0.1, -0.05) is 18.2 Å². The van der Waals surface area contributed by atoms with Crippen molar-refractivity contribution in [1.82, 2.24) is 4.98 Å². The van der Waals surface area contributed by atoms with Crippen LogP contribution in [0.25, 0.3) is 10.9 Å². The smallest absolute Gasteiger partial charge is 0.361 e. The molecule has 8 heteroatoms. The van der Waals surface area contributed by atoms with E-state index in [2.05, 4.69) is 9.98 Å². The molecule has 2 nitrogen and oxygen atoms in total. The highest BCUT2D eigenvalue weighted by Crippen LogP contribution is 2.40. The molecule has 0 bridgehead atoms. The minimum atomic E-state index is -4.81. The number of nitrogens with zero attached hydrogens (tertiary/aromatic N) is 1. The van der Waals surface area contributed by atoms with E-state index in [0.717, 1.165) is 11.6 Å². The summed E-state index contributed by atoms with van der Waals surface area (Å²) in [4.78, 5) is 6.59. The predicted molar refractivity (Wildman–Crippen MR) is 82.0 cm³/mol. The van der Waals surface area contributed by atoms with Crippen LogP contribution in [0.2, 0.25) is 0 Å². The van der Waals surface area contributed by atoms with Crippen LogP contribution in [0.3, 0.4) is 0 Å². The maximum atomic E-state index is 13.0. The fourth-order valence-electron chi connectivity index (χ4n) is 2.41. The molecule has 25 heavy (non-hydrogen) atoms. The second-order valence-electron chi connectivity index (χ2n) is 5.27. The Balaban J connectivity index is 2.10. The number of fused-ring (bicyclic) bond motifs is 1. The highest BCUT2D eigenvalue weighted by atomic mass is 19.4. The topological polar surface area (TPSA) is 28.1 Å². The summed E-state index contributed by atoms with van der Waals surface area (Å²) >= 11 is 0. The maximum Gasteiger partial charge on any atom is 0.418 e. The molecular weight excluding hydrogens is 346 g/mol. The Morgan fingerprint density at radius 3 is 2.32 bits per heavy atom. The molecule has 0 radical (unpaired) electrons. The highest BCUT2D eigenvalue weighted by Gasteiger charge is 2.37. The zero-order valence-corrected chi connectivity index (χ0v) is 12.4. The van der Waals surface area contributed by atoms with Gasteiger partial charge in [-0.2, -0.15) is 26.3 Å². The third-order valence-electron chi connectivity index (χ3n) is 3.59. The van der Waals surface area contributed by atoms with Crippen LogP contribution in [-0.4, -0.2) is 11.2 Å². The van der Waals surface area contributed by atoms with Crippen LogP contribution >= 0.6 is 0 Å². The summed E-state index contributed by atoms with van der Waals surface area (Å²) in [5.41, 5.74) is -2.10. The molecule has 3 aromatic rings. The average molecular weight is 356 g/mol. The first-order chi connectivity index (χ1) is 11.7. The van der Waals surface area contributed by atoms with E-state index in [-0.39, 0.29) is 0 Å². The fraction of sp³-hybridized carbons (Fsp3) is 0.118. The largest absolute Gasteiger partial charge is 0.418 e. The van der Waals surface area contributed by atoms with Gasteiger partial charge in [-0.3, -0.25) is 4.99 Å². The molecule has 0 fully saturated rings. The monoisotopic (exact) mass is 356 g/mol. The van der Waals surface area contributed by atoms with Gasteiger partial charge in [0.05, 0.1) is 22.3 Å². The summed E-state index contributed by atoms with van der Waals surface area (Å²) in [7, 11) is 0. The predicted octanol–water partition coefficient (Wildman–Crippen LogP) is 5.96. The van der Waals surface area contributed by atoms with Crippen molar-refractivity contribution >= 4 is 22.8 Å². The van der Waals surface area contributed by atoms with Crippen LogP contribution in [0.1, 0.15) is 16.7 Å². The molecule has 0 amide bonds. The number of hydrogen-bond donors (Lipinski definition) is 1. The number of nitrogens with one attached hydrogen (secondary N) is 1. The molecule has 1 N–H and O–H groups in total. The van der Waals surface area contributed by atoms with Crippen LogP contribution in [0.4, 0.5) is 32.0 Å². The average Bonchev–Trinajstić information content (AvgIpc) is 3.00. The van der Waals surface area contributed by atoms with E-state index in [1.165, 1.54) is 0 Å². The summed E-state index contributed by atoms with van der Waals surface area (Å²) in [6.45, 7) is 0. The van der Waals surface area contributed by atoms with E-state index in [9.17, 15) is 26.3 Å². The van der Waals surface area contributed by atoms with Crippen LogP contribution in [0.15, 0.2) is 53.7 Å². The number of H-pyrrole nitrogens is 1. The lowest BCUT2D eigenvalue weighted by atomic mass is 10.1. The summed E-state index contributed by atoms with van der Waals surface area (Å²) in [5.74, 6) is 0. The quantitative estimate of drug-likeness (QED) is 0.434. The Morgan fingerprint density at radius 2 is 1.64 bits per heavy atom. The molecule has 1 aromatic heterocycles. The molecule has 0 saturated carbocycles. The number of hydrogen-bond acceptors (Lipinski definition) is 1. The van der Waals surface area contributed by atoms with Crippen LogP contribution < -0.4 is 0 Å². The van der Waals surface area contributed by atoms with E-state index in [4.69, 9.17) is 0 Å². The number of para-hydroxylation sites is 1. The first kappa shape index (κ1) is 17.1. The van der Waals surface area contributed by atoms with Crippen molar-refractivity contribution in [2.75, 3.05) is 0 Å². The Morgan fingerprint density at radius 1 is 0.880 bits per heavy atom. The SMILES string of the molecule is FC(F)(F)c1ccc(C(F)(F)F)c(/N=C/c2cccc3cc[nH]c23)c1. The van der Waals surface area contributed by atoms with E-state index >= 15 is 0 Å². The molecule has 0 atom stereocenters. The molecule has 1 heterocycles. The molecule has 0 unspecified atom stereocenters. The number of aromatic nitrogens is 1. The summed E-state index contributed by atoms with van der Waals surface area (Å²) in [5, 5.41) is 0.809. The molecular formula is C17H10F6N2. The van der Waals surface area contributed by atoms with E-state index in [1.807, 2.05) is 0 Å². The van der Waals surface area contributed by atoms with Gasteiger partial charge in [0, 0.05) is 23.4 Å². The van der Waals surface area contributed by atoms with Gasteiger partial charge < -0.3 is 4.98 Å². The van der Waals surface area contributed by atoms with Crippen molar-refractivity contribution in [3.63, 3.8) is 0 Å². The van der Waals surface area contributed by atoms with Gasteiger partial charge in [0.25, 0.3) is 0 Å². The van der Waals surface area contributed by atoms with Gasteiger partial charge in [-0.25, -0.2) is 0 Å². The third-order valence-corrected chi connectivity index (χ3v) is 3.59. The first-order valence-corrected chi connectivity index (χ1v) is 7.05. The molecule has 130 valence electrons. The van der Waals surface area contributed by atoms with Crippen molar-refractivity contribution in [3.05, 3.63) is 65.4 Å².